The number of hydrogen-bond donors (Lipinski definition) is 3. The number of aliphatic hydroxyl groups is 1. The zero-order valence-electron chi connectivity index (χ0n) is 22.9. The van der Waals surface area contributed by atoms with Crippen molar-refractivity contribution in [3.63, 3.8) is 0 Å². The molecule has 2 aliphatic heterocycles. The summed E-state index contributed by atoms with van der Waals surface area (Å²) in [6.07, 6.45) is -0.543. The van der Waals surface area contributed by atoms with Crippen LogP contribution >= 0.6 is 23.1 Å². The molecular formula is C30H27N5O6S2. The number of fused-ring (bicyclic) bond motifs is 1. The smallest absolute Gasteiger partial charge is 0.335 e. The van der Waals surface area contributed by atoms with Gasteiger partial charge in [-0.2, -0.15) is 0 Å². The van der Waals surface area contributed by atoms with Crippen molar-refractivity contribution in [3.8, 4) is 11.8 Å². The van der Waals surface area contributed by atoms with Crippen molar-refractivity contribution < 1.29 is 29.1 Å². The van der Waals surface area contributed by atoms with Crippen LogP contribution in [0.25, 0.3) is 0 Å². The largest absolute Gasteiger partial charge is 0.451 e. The first kappa shape index (κ1) is 29.8. The summed E-state index contributed by atoms with van der Waals surface area (Å²) >= 11 is 2.37. The van der Waals surface area contributed by atoms with Crippen LogP contribution in [0.15, 0.2) is 82.2 Å². The van der Waals surface area contributed by atoms with Gasteiger partial charge in [-0.05, 0) is 16.5 Å². The van der Waals surface area contributed by atoms with Gasteiger partial charge in [-0.25, -0.2) is 9.78 Å². The van der Waals surface area contributed by atoms with Gasteiger partial charge in [-0.1, -0.05) is 77.7 Å². The minimum absolute atomic E-state index is 0.141. The highest BCUT2D eigenvalue weighted by molar-refractivity contribution is 8.03. The number of carbonyl (C=O) groups excluding carboxylic acids is 3. The molecule has 2 amide bonds. The van der Waals surface area contributed by atoms with E-state index in [1.54, 1.807) is 10.8 Å². The van der Waals surface area contributed by atoms with Gasteiger partial charge in [0.15, 0.2) is 23.0 Å². The molecule has 1 fully saturated rings. The normalized spacial score (nSPS) is 19.4. The van der Waals surface area contributed by atoms with E-state index in [0.717, 1.165) is 22.5 Å². The number of hydrogen-bond acceptors (Lipinski definition) is 11. The van der Waals surface area contributed by atoms with E-state index in [1.165, 1.54) is 23.8 Å². The van der Waals surface area contributed by atoms with E-state index < -0.39 is 41.3 Å². The number of carbonyl (C=O) groups is 3. The number of thioether (sulfide) groups is 1. The lowest BCUT2D eigenvalue weighted by molar-refractivity contribution is -0.165. The number of aliphatic hydroxyl groups excluding tert-OH is 1. The Morgan fingerprint density at radius 2 is 1.84 bits per heavy atom. The summed E-state index contributed by atoms with van der Waals surface area (Å²) in [6, 6.07) is 16.5. The highest BCUT2D eigenvalue weighted by Gasteiger charge is 2.56. The molecule has 0 aliphatic carbocycles. The zero-order chi connectivity index (χ0) is 30.3. The van der Waals surface area contributed by atoms with Crippen LogP contribution in [0.1, 0.15) is 29.3 Å². The zero-order valence-corrected chi connectivity index (χ0v) is 24.5. The van der Waals surface area contributed by atoms with Crippen LogP contribution in [0.5, 0.6) is 0 Å². The van der Waals surface area contributed by atoms with E-state index in [4.69, 9.17) is 15.3 Å². The predicted octanol–water partition coefficient (Wildman–Crippen LogP) is 2.45. The molecule has 1 aromatic heterocycles. The monoisotopic (exact) mass is 617 g/mol. The van der Waals surface area contributed by atoms with E-state index in [2.05, 4.69) is 27.3 Å². The molecule has 220 valence electrons. The molecule has 5 rings (SSSR count). The number of nitrogen functional groups attached to an aromatic ring is 1. The van der Waals surface area contributed by atoms with Gasteiger partial charge in [-0.15, -0.1) is 23.1 Å². The Balaban J connectivity index is 1.41. The number of nitrogens with one attached hydrogen (secondary N) is 1. The molecule has 4 N–H and O–H groups in total. The predicted molar refractivity (Wildman–Crippen MR) is 162 cm³/mol. The molecular weight excluding hydrogens is 590 g/mol. The SMILES string of the molecule is CO/N=C(\C(=O)N[C@@H]1C(=O)N2C(C(=O)OC(c3ccccc3)c3ccccc3)C(C#CCCO)=CS[C@H]12)c1csc(N)n1. The molecule has 3 aromatic rings. The number of β-lactam (4-membered cyclic amide) rings is 1. The van der Waals surface area contributed by atoms with E-state index in [1.807, 2.05) is 60.7 Å². The van der Waals surface area contributed by atoms with Gasteiger partial charge in [0.1, 0.15) is 24.2 Å². The Morgan fingerprint density at radius 3 is 2.42 bits per heavy atom. The van der Waals surface area contributed by atoms with Crippen LogP contribution in [0, 0.1) is 11.8 Å². The molecule has 11 nitrogen and oxygen atoms in total. The van der Waals surface area contributed by atoms with Gasteiger partial charge in [0, 0.05) is 17.4 Å². The number of aromatic nitrogens is 1. The van der Waals surface area contributed by atoms with Gasteiger partial charge in [-0.3, -0.25) is 9.59 Å². The van der Waals surface area contributed by atoms with Crippen molar-refractivity contribution in [2.24, 2.45) is 5.16 Å². The lowest BCUT2D eigenvalue weighted by Gasteiger charge is -2.51. The number of nitrogens with zero attached hydrogens (tertiary/aromatic N) is 3. The summed E-state index contributed by atoms with van der Waals surface area (Å²) in [5.41, 5.74) is 7.65. The maximum atomic E-state index is 13.9. The van der Waals surface area contributed by atoms with Crippen molar-refractivity contribution >= 4 is 51.7 Å². The summed E-state index contributed by atoms with van der Waals surface area (Å²) in [4.78, 5) is 50.9. The van der Waals surface area contributed by atoms with Crippen LogP contribution in [0.2, 0.25) is 0 Å². The van der Waals surface area contributed by atoms with E-state index in [0.29, 0.717) is 5.57 Å². The van der Waals surface area contributed by atoms with Crippen LogP contribution in [-0.4, -0.2) is 69.7 Å². The van der Waals surface area contributed by atoms with Crippen LogP contribution in [0.4, 0.5) is 5.13 Å². The topological polar surface area (TPSA) is 156 Å². The molecule has 1 saturated heterocycles. The third kappa shape index (κ3) is 6.41. The first-order valence-corrected chi connectivity index (χ1v) is 15.0. The molecule has 0 bridgehead atoms. The third-order valence-corrected chi connectivity index (χ3v) is 8.41. The van der Waals surface area contributed by atoms with Crippen LogP contribution in [-0.2, 0) is 24.0 Å². The van der Waals surface area contributed by atoms with Gasteiger partial charge >= 0.3 is 5.97 Å². The van der Waals surface area contributed by atoms with Gasteiger partial charge in [0.25, 0.3) is 5.91 Å². The highest BCUT2D eigenvalue weighted by Crippen LogP contribution is 2.41. The Hall–Kier alpha value is -4.64. The number of oxime groups is 1. The molecule has 3 atom stereocenters. The fourth-order valence-electron chi connectivity index (χ4n) is 4.62. The number of thiazole rings is 1. The quantitative estimate of drug-likeness (QED) is 0.108. The molecule has 3 heterocycles. The Morgan fingerprint density at radius 1 is 1.16 bits per heavy atom. The third-order valence-electron chi connectivity index (χ3n) is 6.57. The maximum Gasteiger partial charge on any atom is 0.335 e. The second kappa shape index (κ2) is 13.6. The van der Waals surface area contributed by atoms with E-state index >= 15 is 0 Å². The molecule has 2 aromatic carbocycles. The van der Waals surface area contributed by atoms with Gasteiger partial charge < -0.3 is 30.6 Å². The van der Waals surface area contributed by atoms with E-state index in [9.17, 15) is 19.5 Å². The molecule has 13 heteroatoms. The van der Waals surface area contributed by atoms with Crippen molar-refractivity contribution in [1.29, 1.82) is 0 Å². The molecule has 2 aliphatic rings. The van der Waals surface area contributed by atoms with Gasteiger partial charge in [0.2, 0.25) is 5.91 Å². The van der Waals surface area contributed by atoms with Crippen LogP contribution in [0.3, 0.4) is 0 Å². The fourth-order valence-corrected chi connectivity index (χ4v) is 6.34. The Bertz CT molecular complexity index is 1580. The number of benzene rings is 2. The second-order valence-electron chi connectivity index (χ2n) is 9.31. The lowest BCUT2D eigenvalue weighted by Crippen LogP contribution is -2.74. The number of anilines is 1. The number of rotatable bonds is 9. The standard InChI is InChI=1S/C30H27N5O6S2/c1-40-34-22(21-17-43-30(31)32-21)26(37)33-23-27(38)35-24(20(14-8-9-15-36)16-42-28(23)35)29(39)41-25(18-10-4-2-5-11-18)19-12-6-3-7-13-19/h2-7,10-13,16-17,23-25,28,36H,9,15H2,1H3,(H2,31,32)(H,33,37)/b34-22-/t23-,24?,28-/m1/s1. The Kier molecular flexibility index (Phi) is 9.41. The average molecular weight is 618 g/mol. The molecule has 1 unspecified atom stereocenters. The highest BCUT2D eigenvalue weighted by atomic mass is 32.2. The second-order valence-corrected chi connectivity index (χ2v) is 11.2. The maximum absolute atomic E-state index is 13.9. The minimum atomic E-state index is -1.15. The van der Waals surface area contributed by atoms with Crippen molar-refractivity contribution in [2.75, 3.05) is 19.5 Å². The molecule has 0 spiro atoms. The van der Waals surface area contributed by atoms with Crippen molar-refractivity contribution in [2.45, 2.75) is 30.0 Å². The molecule has 0 saturated carbocycles. The van der Waals surface area contributed by atoms with E-state index in [-0.39, 0.29) is 29.6 Å². The summed E-state index contributed by atoms with van der Waals surface area (Å²) in [6.45, 7) is -0.151. The minimum Gasteiger partial charge on any atom is -0.451 e. The van der Waals surface area contributed by atoms with Gasteiger partial charge in [0.05, 0.1) is 6.61 Å². The first-order chi connectivity index (χ1) is 20.9. The molecule has 43 heavy (non-hydrogen) atoms. The number of nitrogens with two attached hydrogens (primary N) is 1. The fraction of sp³-hybridized carbons (Fsp3) is 0.233. The number of ether oxygens (including phenoxy) is 1. The van der Waals surface area contributed by atoms with Crippen molar-refractivity contribution in [1.82, 2.24) is 15.2 Å². The summed E-state index contributed by atoms with van der Waals surface area (Å²) in [5.74, 6) is 3.90. The molecule has 0 radical (unpaired) electrons. The number of esters is 1. The summed E-state index contributed by atoms with van der Waals surface area (Å²) in [7, 11) is 1.29. The lowest BCUT2D eigenvalue weighted by atomic mass is 9.97. The number of amides is 2. The van der Waals surface area contributed by atoms with Crippen LogP contribution < -0.4 is 11.1 Å². The summed E-state index contributed by atoms with van der Waals surface area (Å²) < 4.78 is 6.10. The van der Waals surface area contributed by atoms with Crippen molar-refractivity contribution in [3.05, 3.63) is 93.8 Å². The summed E-state index contributed by atoms with van der Waals surface area (Å²) in [5, 5.41) is 18.6. The average Bonchev–Trinajstić information content (AvgIpc) is 3.47. The first-order valence-electron chi connectivity index (χ1n) is 13.1. The Labute approximate surface area is 255 Å².